The van der Waals surface area contributed by atoms with E-state index in [2.05, 4.69) is 4.98 Å². The van der Waals surface area contributed by atoms with E-state index < -0.39 is 11.7 Å². The second kappa shape index (κ2) is 6.32. The molecule has 2 heterocycles. The van der Waals surface area contributed by atoms with Gasteiger partial charge < -0.3 is 14.6 Å². The number of carbonyl (C=O) groups excluding carboxylic acids is 1. The van der Waals surface area contributed by atoms with Crippen molar-refractivity contribution in [2.75, 3.05) is 13.7 Å². The summed E-state index contributed by atoms with van der Waals surface area (Å²) in [6, 6.07) is 8.16. The minimum atomic E-state index is -0.603. The van der Waals surface area contributed by atoms with Gasteiger partial charge in [0.1, 0.15) is 11.6 Å². The van der Waals surface area contributed by atoms with Crippen molar-refractivity contribution >= 4 is 28.4 Å². The predicted octanol–water partition coefficient (Wildman–Crippen LogP) is 4.48. The van der Waals surface area contributed by atoms with E-state index in [0.717, 1.165) is 27.9 Å². The van der Waals surface area contributed by atoms with Gasteiger partial charge in [-0.15, -0.1) is 0 Å². The lowest BCUT2D eigenvalue weighted by Gasteiger charge is -2.23. The average Bonchev–Trinajstić information content (AvgIpc) is 2.80. The summed E-state index contributed by atoms with van der Waals surface area (Å²) >= 11 is 6.10. The molecule has 0 fully saturated rings. The van der Waals surface area contributed by atoms with Crippen LogP contribution in [-0.2, 0) is 13.0 Å². The van der Waals surface area contributed by atoms with E-state index in [1.807, 2.05) is 19.1 Å². The van der Waals surface area contributed by atoms with Crippen molar-refractivity contribution in [2.45, 2.75) is 19.9 Å². The third-order valence-electron chi connectivity index (χ3n) is 5.01. The highest BCUT2D eigenvalue weighted by molar-refractivity contribution is 6.33. The van der Waals surface area contributed by atoms with E-state index in [1.165, 1.54) is 23.8 Å². The van der Waals surface area contributed by atoms with Gasteiger partial charge in [-0.2, -0.15) is 0 Å². The fourth-order valence-corrected chi connectivity index (χ4v) is 4.00. The van der Waals surface area contributed by atoms with Crippen LogP contribution in [0.15, 0.2) is 30.3 Å². The van der Waals surface area contributed by atoms with Gasteiger partial charge in [-0.3, -0.25) is 4.79 Å². The molecule has 1 aliphatic heterocycles. The Kier molecular flexibility index (Phi) is 4.11. The maximum absolute atomic E-state index is 14.2. The fraction of sp³-hybridized carbons (Fsp3) is 0.250. The number of halogens is 2. The Balaban J connectivity index is 1.81. The van der Waals surface area contributed by atoms with Gasteiger partial charge >= 0.3 is 0 Å². The van der Waals surface area contributed by atoms with Crippen molar-refractivity contribution in [3.8, 4) is 5.75 Å². The minimum Gasteiger partial charge on any atom is -0.496 e. The fourth-order valence-electron chi connectivity index (χ4n) is 3.75. The van der Waals surface area contributed by atoms with Gasteiger partial charge in [-0.25, -0.2) is 4.39 Å². The van der Waals surface area contributed by atoms with Gasteiger partial charge in [-0.05, 0) is 43.2 Å². The van der Waals surface area contributed by atoms with Crippen LogP contribution in [0.1, 0.15) is 27.2 Å². The number of hydrogen-bond acceptors (Lipinski definition) is 2. The minimum absolute atomic E-state index is 0.0785. The van der Waals surface area contributed by atoms with Crippen molar-refractivity contribution < 1.29 is 13.9 Å². The number of methoxy groups -OCH3 is 1. The smallest absolute Gasteiger partial charge is 0.258 e. The third-order valence-corrected chi connectivity index (χ3v) is 5.33. The normalized spacial score (nSPS) is 13.8. The third kappa shape index (κ3) is 2.54. The monoisotopic (exact) mass is 372 g/mol. The molecule has 26 heavy (non-hydrogen) atoms. The van der Waals surface area contributed by atoms with E-state index in [9.17, 15) is 9.18 Å². The zero-order valence-corrected chi connectivity index (χ0v) is 15.3. The Morgan fingerprint density at radius 1 is 1.27 bits per heavy atom. The largest absolute Gasteiger partial charge is 0.496 e. The number of aromatic nitrogens is 1. The molecule has 3 aromatic rings. The molecule has 4 nitrogen and oxygen atoms in total. The number of H-pyrrole nitrogens is 1. The van der Waals surface area contributed by atoms with Crippen LogP contribution < -0.4 is 4.74 Å². The molecule has 1 amide bonds. The van der Waals surface area contributed by atoms with E-state index in [1.54, 1.807) is 12.0 Å². The summed E-state index contributed by atoms with van der Waals surface area (Å²) in [5.74, 6) is -0.288. The highest BCUT2D eigenvalue weighted by Gasteiger charge is 2.28. The van der Waals surface area contributed by atoms with Crippen molar-refractivity contribution in [2.24, 2.45) is 0 Å². The van der Waals surface area contributed by atoms with Crippen molar-refractivity contribution in [1.29, 1.82) is 0 Å². The van der Waals surface area contributed by atoms with Crippen molar-refractivity contribution in [3.63, 3.8) is 0 Å². The van der Waals surface area contributed by atoms with Crippen LogP contribution in [0.25, 0.3) is 10.9 Å². The number of amides is 1. The molecular formula is C20H18ClFN2O2. The number of rotatable bonds is 2. The molecule has 0 aliphatic carbocycles. The first-order valence-electron chi connectivity index (χ1n) is 8.41. The molecule has 0 unspecified atom stereocenters. The summed E-state index contributed by atoms with van der Waals surface area (Å²) < 4.78 is 19.8. The number of nitrogens with one attached hydrogen (secondary N) is 1. The van der Waals surface area contributed by atoms with Crippen LogP contribution in [0.5, 0.6) is 5.75 Å². The van der Waals surface area contributed by atoms with Gasteiger partial charge in [0.25, 0.3) is 5.91 Å². The van der Waals surface area contributed by atoms with Gasteiger partial charge in [0.05, 0.1) is 24.2 Å². The molecule has 2 aromatic carbocycles. The number of hydrogen-bond donors (Lipinski definition) is 1. The molecule has 0 radical (unpaired) electrons. The first kappa shape index (κ1) is 16.9. The molecule has 0 saturated carbocycles. The van der Waals surface area contributed by atoms with Crippen LogP contribution in [0, 0.1) is 12.7 Å². The van der Waals surface area contributed by atoms with Crippen molar-refractivity contribution in [1.82, 2.24) is 9.88 Å². The number of aryl methyl sites for hydroxylation is 1. The Morgan fingerprint density at radius 3 is 2.81 bits per heavy atom. The summed E-state index contributed by atoms with van der Waals surface area (Å²) in [4.78, 5) is 18.1. The van der Waals surface area contributed by atoms with Crippen LogP contribution >= 0.6 is 11.6 Å². The number of carbonyl (C=O) groups is 1. The molecule has 1 aliphatic rings. The Bertz CT molecular complexity index is 1010. The van der Waals surface area contributed by atoms with Gasteiger partial charge in [0, 0.05) is 28.7 Å². The number of benzene rings is 2. The second-order valence-electron chi connectivity index (χ2n) is 6.47. The number of ether oxygens (including phenoxy) is 1. The van der Waals surface area contributed by atoms with E-state index in [-0.39, 0.29) is 10.6 Å². The topological polar surface area (TPSA) is 45.3 Å². The van der Waals surface area contributed by atoms with Gasteiger partial charge in [0.15, 0.2) is 0 Å². The SMILES string of the molecule is COc1ccc2[nH]c(C)c3c2c1CN(C(=O)c1c(F)cccc1Cl)CC3. The zero-order chi connectivity index (χ0) is 18.4. The van der Waals surface area contributed by atoms with Gasteiger partial charge in [0.2, 0.25) is 0 Å². The average molecular weight is 373 g/mol. The van der Waals surface area contributed by atoms with Crippen LogP contribution in [0.3, 0.4) is 0 Å². The Morgan fingerprint density at radius 2 is 2.08 bits per heavy atom. The molecule has 1 aromatic heterocycles. The van der Waals surface area contributed by atoms with Crippen LogP contribution in [0.4, 0.5) is 4.39 Å². The number of nitrogens with zero attached hydrogens (tertiary/aromatic N) is 1. The summed E-state index contributed by atoms with van der Waals surface area (Å²) in [6.45, 7) is 2.85. The number of aromatic amines is 1. The summed E-state index contributed by atoms with van der Waals surface area (Å²) in [5.41, 5.74) is 4.12. The maximum atomic E-state index is 14.2. The quantitative estimate of drug-likeness (QED) is 0.721. The molecule has 1 N–H and O–H groups in total. The molecule has 0 atom stereocenters. The maximum Gasteiger partial charge on any atom is 0.258 e. The lowest BCUT2D eigenvalue weighted by molar-refractivity contribution is 0.0742. The first-order valence-corrected chi connectivity index (χ1v) is 8.79. The van der Waals surface area contributed by atoms with E-state index in [4.69, 9.17) is 16.3 Å². The Labute approximate surface area is 155 Å². The highest BCUT2D eigenvalue weighted by atomic mass is 35.5. The lowest BCUT2D eigenvalue weighted by atomic mass is 10.0. The molecule has 0 saturated heterocycles. The highest BCUT2D eigenvalue weighted by Crippen LogP contribution is 2.36. The Hall–Kier alpha value is -2.53. The van der Waals surface area contributed by atoms with E-state index >= 15 is 0 Å². The standard InChI is InChI=1S/C20H18ClFN2O2/c1-11-12-8-9-24(20(25)19-14(21)4-3-5-15(19)22)10-13-17(26-2)7-6-16(23-11)18(12)13/h3-7,23H,8-10H2,1-2H3. The predicted molar refractivity (Wildman–Crippen MR) is 99.4 cm³/mol. The van der Waals surface area contributed by atoms with Crippen LogP contribution in [-0.4, -0.2) is 29.4 Å². The second-order valence-corrected chi connectivity index (χ2v) is 6.88. The van der Waals surface area contributed by atoms with Crippen LogP contribution in [0.2, 0.25) is 5.02 Å². The molecule has 0 bridgehead atoms. The van der Waals surface area contributed by atoms with Crippen molar-refractivity contribution in [3.05, 3.63) is 63.6 Å². The lowest BCUT2D eigenvalue weighted by Crippen LogP contribution is -2.32. The summed E-state index contributed by atoms with van der Waals surface area (Å²) in [6.07, 6.45) is 0.684. The zero-order valence-electron chi connectivity index (χ0n) is 14.5. The molecule has 4 rings (SSSR count). The summed E-state index contributed by atoms with van der Waals surface area (Å²) in [7, 11) is 1.61. The van der Waals surface area contributed by atoms with Gasteiger partial charge in [-0.1, -0.05) is 17.7 Å². The molecule has 134 valence electrons. The molecule has 0 spiro atoms. The molecule has 6 heteroatoms. The summed E-state index contributed by atoms with van der Waals surface area (Å²) in [5, 5.41) is 1.22. The molecular weight excluding hydrogens is 355 g/mol. The first-order chi connectivity index (χ1) is 12.5. The van der Waals surface area contributed by atoms with E-state index in [0.29, 0.717) is 19.5 Å².